The largest absolute Gasteiger partial charge is 0.460 e. The summed E-state index contributed by atoms with van der Waals surface area (Å²) in [7, 11) is 0. The molecule has 1 aromatic rings. The molecule has 0 radical (unpaired) electrons. The van der Waals surface area contributed by atoms with Crippen molar-refractivity contribution in [3.63, 3.8) is 0 Å². The highest BCUT2D eigenvalue weighted by molar-refractivity contribution is 9.10. The molecule has 3 nitrogen and oxygen atoms in total. The van der Waals surface area contributed by atoms with Crippen LogP contribution in [0.2, 0.25) is 0 Å². The standard InChI is InChI=1S/C12H17BrO3/c1-4-12(5-2,16-6-3)11(14)10-9(13)7-8-15-10/h7-8H,4-6H2,1-3H3. The lowest BCUT2D eigenvalue weighted by Gasteiger charge is -2.29. The molecule has 0 spiro atoms. The van der Waals surface area contributed by atoms with Crippen molar-refractivity contribution in [2.24, 2.45) is 0 Å². The first kappa shape index (κ1) is 13.5. The van der Waals surface area contributed by atoms with E-state index in [0.717, 1.165) is 0 Å². The summed E-state index contributed by atoms with van der Waals surface area (Å²) in [6.07, 6.45) is 2.78. The second-order valence-corrected chi connectivity index (χ2v) is 4.42. The van der Waals surface area contributed by atoms with Crippen molar-refractivity contribution in [1.29, 1.82) is 0 Å². The molecule has 1 aromatic heterocycles. The third kappa shape index (κ3) is 2.38. The maximum atomic E-state index is 12.4. The van der Waals surface area contributed by atoms with Crippen LogP contribution < -0.4 is 0 Å². The topological polar surface area (TPSA) is 39.4 Å². The third-order valence-electron chi connectivity index (χ3n) is 2.80. The molecule has 0 amide bonds. The van der Waals surface area contributed by atoms with Crippen LogP contribution in [-0.4, -0.2) is 18.0 Å². The van der Waals surface area contributed by atoms with Crippen LogP contribution >= 0.6 is 15.9 Å². The fourth-order valence-electron chi connectivity index (χ4n) is 1.78. The molecule has 0 atom stereocenters. The molecule has 0 aliphatic rings. The van der Waals surface area contributed by atoms with Crippen molar-refractivity contribution >= 4 is 21.7 Å². The third-order valence-corrected chi connectivity index (χ3v) is 3.42. The minimum Gasteiger partial charge on any atom is -0.460 e. The molecule has 1 rings (SSSR count). The molecule has 4 heteroatoms. The highest BCUT2D eigenvalue weighted by Gasteiger charge is 2.38. The van der Waals surface area contributed by atoms with Crippen LogP contribution in [0.15, 0.2) is 21.2 Å². The maximum absolute atomic E-state index is 12.4. The number of rotatable bonds is 6. The summed E-state index contributed by atoms with van der Waals surface area (Å²) in [5.41, 5.74) is -0.755. The molecular formula is C12H17BrO3. The van der Waals surface area contributed by atoms with Gasteiger partial charge < -0.3 is 9.15 Å². The van der Waals surface area contributed by atoms with Crippen LogP contribution in [0.4, 0.5) is 0 Å². The van der Waals surface area contributed by atoms with Gasteiger partial charge in [0.2, 0.25) is 5.78 Å². The van der Waals surface area contributed by atoms with Crippen molar-refractivity contribution in [2.45, 2.75) is 39.2 Å². The summed E-state index contributed by atoms with van der Waals surface area (Å²) in [5.74, 6) is 0.258. The number of carbonyl (C=O) groups is 1. The number of furan rings is 1. The Labute approximate surface area is 104 Å². The van der Waals surface area contributed by atoms with Crippen molar-refractivity contribution in [1.82, 2.24) is 0 Å². The average molecular weight is 289 g/mol. The molecule has 0 fully saturated rings. The van der Waals surface area contributed by atoms with E-state index in [1.807, 2.05) is 20.8 Å². The molecule has 0 bridgehead atoms. The second kappa shape index (κ2) is 5.64. The van der Waals surface area contributed by atoms with Crippen molar-refractivity contribution < 1.29 is 13.9 Å². The lowest BCUT2D eigenvalue weighted by Crippen LogP contribution is -2.40. The number of ether oxygens (including phenoxy) is 1. The van der Waals surface area contributed by atoms with E-state index in [1.165, 1.54) is 6.26 Å². The van der Waals surface area contributed by atoms with Gasteiger partial charge in [-0.05, 0) is 41.8 Å². The average Bonchev–Trinajstić information content (AvgIpc) is 2.71. The Hall–Kier alpha value is -0.610. The summed E-state index contributed by atoms with van der Waals surface area (Å²) in [4.78, 5) is 12.4. The monoisotopic (exact) mass is 288 g/mol. The minimum atomic E-state index is -0.755. The summed E-state index contributed by atoms with van der Waals surface area (Å²) >= 11 is 3.30. The quantitative estimate of drug-likeness (QED) is 0.747. The van der Waals surface area contributed by atoms with E-state index < -0.39 is 5.60 Å². The van der Waals surface area contributed by atoms with Gasteiger partial charge in [-0.1, -0.05) is 13.8 Å². The Balaban J connectivity index is 3.04. The number of carbonyl (C=O) groups excluding carboxylic acids is 1. The molecule has 1 heterocycles. The van der Waals surface area contributed by atoms with Gasteiger partial charge in [-0.15, -0.1) is 0 Å². The van der Waals surface area contributed by atoms with E-state index in [0.29, 0.717) is 29.7 Å². The first-order chi connectivity index (χ1) is 7.61. The van der Waals surface area contributed by atoms with E-state index >= 15 is 0 Å². The van der Waals surface area contributed by atoms with Gasteiger partial charge in [-0.2, -0.15) is 0 Å². The molecule has 90 valence electrons. The van der Waals surface area contributed by atoms with Gasteiger partial charge in [0.05, 0.1) is 10.7 Å². The van der Waals surface area contributed by atoms with Crippen LogP contribution in [0, 0.1) is 0 Å². The zero-order chi connectivity index (χ0) is 12.2. The summed E-state index contributed by atoms with van der Waals surface area (Å²) < 4.78 is 11.5. The van der Waals surface area contributed by atoms with E-state index in [1.54, 1.807) is 6.07 Å². The van der Waals surface area contributed by atoms with Gasteiger partial charge >= 0.3 is 0 Å². The molecule has 0 saturated heterocycles. The number of hydrogen-bond acceptors (Lipinski definition) is 3. The van der Waals surface area contributed by atoms with E-state index in [4.69, 9.17) is 9.15 Å². The molecule has 0 aliphatic heterocycles. The Bertz CT molecular complexity index is 353. The lowest BCUT2D eigenvalue weighted by molar-refractivity contribution is -0.0267. The highest BCUT2D eigenvalue weighted by Crippen LogP contribution is 2.29. The predicted molar refractivity (Wildman–Crippen MR) is 65.7 cm³/mol. The minimum absolute atomic E-state index is 0.0868. The molecule has 0 saturated carbocycles. The van der Waals surface area contributed by atoms with Gasteiger partial charge in [0, 0.05) is 6.61 Å². The highest BCUT2D eigenvalue weighted by atomic mass is 79.9. The van der Waals surface area contributed by atoms with Gasteiger partial charge in [0.25, 0.3) is 0 Å². The van der Waals surface area contributed by atoms with Crippen LogP contribution in [0.3, 0.4) is 0 Å². The van der Waals surface area contributed by atoms with Crippen molar-refractivity contribution in [3.8, 4) is 0 Å². The summed E-state index contributed by atoms with van der Waals surface area (Å²) in [5, 5.41) is 0. The number of ketones is 1. The van der Waals surface area contributed by atoms with Gasteiger partial charge in [-0.25, -0.2) is 0 Å². The molecule has 0 aromatic carbocycles. The fraction of sp³-hybridized carbons (Fsp3) is 0.583. The molecule has 0 unspecified atom stereocenters. The summed E-state index contributed by atoms with van der Waals surface area (Å²) in [6.45, 7) is 6.32. The Morgan fingerprint density at radius 2 is 2.06 bits per heavy atom. The Morgan fingerprint density at radius 3 is 2.44 bits per heavy atom. The first-order valence-electron chi connectivity index (χ1n) is 5.53. The summed E-state index contributed by atoms with van der Waals surface area (Å²) in [6, 6.07) is 1.72. The second-order valence-electron chi connectivity index (χ2n) is 3.56. The van der Waals surface area contributed by atoms with Crippen molar-refractivity contribution in [2.75, 3.05) is 6.61 Å². The van der Waals surface area contributed by atoms with Crippen LogP contribution in [0.1, 0.15) is 44.2 Å². The zero-order valence-electron chi connectivity index (χ0n) is 9.88. The smallest absolute Gasteiger partial charge is 0.230 e. The number of halogens is 1. The molecule has 0 aliphatic carbocycles. The lowest BCUT2D eigenvalue weighted by atomic mass is 9.90. The van der Waals surface area contributed by atoms with Crippen molar-refractivity contribution in [3.05, 3.63) is 22.6 Å². The van der Waals surface area contributed by atoms with Crippen LogP contribution in [0.5, 0.6) is 0 Å². The fourth-order valence-corrected chi connectivity index (χ4v) is 2.16. The SMILES string of the molecule is CCOC(CC)(CC)C(=O)c1occc1Br. The van der Waals surface area contributed by atoms with E-state index in [2.05, 4.69) is 15.9 Å². The van der Waals surface area contributed by atoms with Gasteiger partial charge in [0.15, 0.2) is 5.76 Å². The molecule has 16 heavy (non-hydrogen) atoms. The molecule has 0 N–H and O–H groups in total. The number of Topliss-reactive ketones (excluding diaryl/α,β-unsaturated/α-hetero) is 1. The van der Waals surface area contributed by atoms with E-state index in [-0.39, 0.29) is 5.78 Å². The Kier molecular flexibility index (Phi) is 4.74. The van der Waals surface area contributed by atoms with Gasteiger partial charge in [0.1, 0.15) is 5.60 Å². The maximum Gasteiger partial charge on any atom is 0.230 e. The van der Waals surface area contributed by atoms with E-state index in [9.17, 15) is 4.79 Å². The van der Waals surface area contributed by atoms with Crippen LogP contribution in [-0.2, 0) is 4.74 Å². The predicted octanol–water partition coefficient (Wildman–Crippen LogP) is 3.82. The normalized spacial score (nSPS) is 11.8. The Morgan fingerprint density at radius 1 is 1.44 bits per heavy atom. The van der Waals surface area contributed by atoms with Gasteiger partial charge in [-0.3, -0.25) is 4.79 Å². The molecular weight excluding hydrogens is 272 g/mol. The van der Waals surface area contributed by atoms with Crippen LogP contribution in [0.25, 0.3) is 0 Å². The zero-order valence-corrected chi connectivity index (χ0v) is 11.5. The number of hydrogen-bond donors (Lipinski definition) is 0. The first-order valence-corrected chi connectivity index (χ1v) is 6.32.